The van der Waals surface area contributed by atoms with Crippen LogP contribution >= 0.6 is 0 Å². The molecule has 0 amide bonds. The highest BCUT2D eigenvalue weighted by Crippen LogP contribution is 2.05. The molecule has 0 rings (SSSR count). The number of ether oxygens (including phenoxy) is 2. The lowest BCUT2D eigenvalue weighted by molar-refractivity contribution is -0.151. The quantitative estimate of drug-likeness (QED) is 0.338. The summed E-state index contributed by atoms with van der Waals surface area (Å²) in [6.45, 7) is 4.26. The second-order valence-electron chi connectivity index (χ2n) is 2.47. The van der Waals surface area contributed by atoms with E-state index in [-0.39, 0.29) is 5.95 Å². The lowest BCUT2D eigenvalue weighted by Crippen LogP contribution is -2.08. The first-order valence-corrected chi connectivity index (χ1v) is 4.47. The topological polar surface area (TPSA) is 52.6 Å². The largest absolute Gasteiger partial charge is 0.393 e. The van der Waals surface area contributed by atoms with E-state index in [2.05, 4.69) is 9.47 Å². The average Bonchev–Trinajstić information content (AvgIpc) is 1.83. The van der Waals surface area contributed by atoms with E-state index in [0.29, 0.717) is 10.2 Å². The first kappa shape index (κ1) is 10.9. The van der Waals surface area contributed by atoms with Crippen molar-refractivity contribution in [2.24, 2.45) is 0 Å². The van der Waals surface area contributed by atoms with Crippen LogP contribution in [0.1, 0.15) is 20.8 Å². The number of rotatable bonds is 2. The Kier molecular flexibility index (Phi) is 4.28. The van der Waals surface area contributed by atoms with Gasteiger partial charge in [-0.3, -0.25) is 9.59 Å². The molecule has 0 aliphatic carbocycles. The molecule has 0 aliphatic heterocycles. The maximum absolute atomic E-state index is 10.5. The van der Waals surface area contributed by atoms with Crippen LogP contribution in [0.25, 0.3) is 0 Å². The maximum Gasteiger partial charge on any atom is 0.310 e. The highest BCUT2D eigenvalue weighted by atomic mass is 28.1. The van der Waals surface area contributed by atoms with Crippen molar-refractivity contribution in [2.45, 2.75) is 20.8 Å². The Morgan fingerprint density at radius 3 is 1.50 bits per heavy atom. The number of hydrogen-bond donors (Lipinski definition) is 0. The Hall–Kier alpha value is -1.10. The average molecular weight is 188 g/mol. The normalized spacial score (nSPS) is 8.92. The predicted octanol–water partition coefficient (Wildman–Crippen LogP) is -0.333. The van der Waals surface area contributed by atoms with Crippen molar-refractivity contribution in [3.8, 4) is 0 Å². The van der Waals surface area contributed by atoms with Crippen molar-refractivity contribution in [3.05, 3.63) is 11.1 Å². The summed E-state index contributed by atoms with van der Waals surface area (Å²) < 4.78 is 9.31. The Balaban J connectivity index is 4.37. The monoisotopic (exact) mass is 188 g/mol. The third kappa shape index (κ3) is 4.67. The summed E-state index contributed by atoms with van der Waals surface area (Å²) in [5.74, 6) is -0.940. The van der Waals surface area contributed by atoms with Crippen molar-refractivity contribution >= 4 is 22.2 Å². The zero-order chi connectivity index (χ0) is 9.72. The van der Waals surface area contributed by atoms with Crippen molar-refractivity contribution in [1.29, 1.82) is 0 Å². The molecule has 4 nitrogen and oxygen atoms in total. The van der Waals surface area contributed by atoms with E-state index in [1.807, 2.05) is 0 Å². The molecular weight excluding hydrogens is 176 g/mol. The summed E-state index contributed by atoms with van der Waals surface area (Å²) in [5, 5.41) is 0.778. The summed E-state index contributed by atoms with van der Waals surface area (Å²) >= 11 is 0. The van der Waals surface area contributed by atoms with E-state index < -0.39 is 11.9 Å². The van der Waals surface area contributed by atoms with Crippen LogP contribution in [-0.2, 0) is 19.1 Å². The fraction of sp³-hybridized carbons (Fsp3) is 0.429. The minimum atomic E-state index is -0.485. The van der Waals surface area contributed by atoms with E-state index in [0.717, 1.165) is 5.20 Å². The van der Waals surface area contributed by atoms with E-state index in [4.69, 9.17) is 0 Å². The van der Waals surface area contributed by atoms with Gasteiger partial charge in [-0.15, -0.1) is 0 Å². The van der Waals surface area contributed by atoms with Crippen LogP contribution < -0.4 is 0 Å². The molecule has 0 fully saturated rings. The molecule has 5 heteroatoms. The zero-order valence-electron chi connectivity index (χ0n) is 7.63. The van der Waals surface area contributed by atoms with Crippen LogP contribution in [0.5, 0.6) is 0 Å². The van der Waals surface area contributed by atoms with Gasteiger partial charge in [-0.2, -0.15) is 0 Å². The molecule has 0 N–H and O–H groups in total. The summed E-state index contributed by atoms with van der Waals surface area (Å²) in [6, 6.07) is 0. The van der Waals surface area contributed by atoms with Crippen LogP contribution in [0.3, 0.4) is 0 Å². The van der Waals surface area contributed by atoms with E-state index in [1.54, 1.807) is 6.92 Å². The minimum absolute atomic E-state index is 0.0293. The van der Waals surface area contributed by atoms with Crippen molar-refractivity contribution < 1.29 is 19.1 Å². The molecule has 0 saturated carbocycles. The summed E-state index contributed by atoms with van der Waals surface area (Å²) in [4.78, 5) is 21.0. The zero-order valence-corrected chi connectivity index (χ0v) is 9.63. The van der Waals surface area contributed by atoms with Crippen molar-refractivity contribution in [3.63, 3.8) is 0 Å². The molecule has 0 saturated heterocycles. The summed E-state index contributed by atoms with van der Waals surface area (Å²) in [6.07, 6.45) is 0. The second-order valence-corrected chi connectivity index (χ2v) is 3.97. The summed E-state index contributed by atoms with van der Waals surface area (Å²) in [7, 11) is 0.688. The maximum atomic E-state index is 10.5. The lowest BCUT2D eigenvalue weighted by atomic mass is 10.6. The molecule has 0 atom stereocenters. The van der Waals surface area contributed by atoms with Crippen molar-refractivity contribution in [1.82, 2.24) is 0 Å². The van der Waals surface area contributed by atoms with Gasteiger partial charge in [0.15, 0.2) is 0 Å². The van der Waals surface area contributed by atoms with Gasteiger partial charge >= 0.3 is 11.9 Å². The van der Waals surface area contributed by atoms with Gasteiger partial charge in [-0.05, 0) is 12.1 Å². The number of carbonyl (C=O) groups excluding carboxylic acids is 2. The highest BCUT2D eigenvalue weighted by Gasteiger charge is 2.07. The van der Waals surface area contributed by atoms with E-state index in [9.17, 15) is 9.59 Å². The number of allylic oxidation sites excluding steroid dienone is 1. The second kappa shape index (κ2) is 4.71. The number of esters is 2. The molecule has 0 aromatic rings. The van der Waals surface area contributed by atoms with E-state index >= 15 is 0 Å². The fourth-order valence-corrected chi connectivity index (χ4v) is 0.690. The van der Waals surface area contributed by atoms with Crippen LogP contribution in [0.4, 0.5) is 0 Å². The molecule has 0 heterocycles. The third-order valence-electron chi connectivity index (χ3n) is 0.881. The van der Waals surface area contributed by atoms with Gasteiger partial charge < -0.3 is 9.47 Å². The molecule has 68 valence electrons. The van der Waals surface area contributed by atoms with Crippen LogP contribution in [-0.4, -0.2) is 22.2 Å². The van der Waals surface area contributed by atoms with Gasteiger partial charge in [0.1, 0.15) is 0 Å². The van der Waals surface area contributed by atoms with Gasteiger partial charge in [0.2, 0.25) is 0 Å². The first-order valence-electron chi connectivity index (χ1n) is 3.47. The van der Waals surface area contributed by atoms with Crippen LogP contribution in [0.15, 0.2) is 11.1 Å². The van der Waals surface area contributed by atoms with Gasteiger partial charge in [0.05, 0.1) is 0 Å². The van der Waals surface area contributed by atoms with Gasteiger partial charge in [-0.1, -0.05) is 0 Å². The molecule has 0 bridgehead atoms. The van der Waals surface area contributed by atoms with E-state index in [1.165, 1.54) is 13.8 Å². The standard InChI is InChI=1S/C7H12O4Si/c1-4(12)7(10-5(2)8)11-6(3)9/h1-3,12H3. The Labute approximate surface area is 74.0 Å². The lowest BCUT2D eigenvalue weighted by Gasteiger charge is -2.06. The first-order chi connectivity index (χ1) is 5.43. The SMILES string of the molecule is CC(=O)OC(OC(C)=O)=C(C)[SiH3]. The van der Waals surface area contributed by atoms with Gasteiger partial charge in [0.25, 0.3) is 5.95 Å². The molecule has 0 aliphatic rings. The molecule has 0 spiro atoms. The van der Waals surface area contributed by atoms with Gasteiger partial charge in [-0.25, -0.2) is 0 Å². The smallest absolute Gasteiger partial charge is 0.310 e. The fourth-order valence-electron chi connectivity index (χ4n) is 0.486. The molecular formula is C7H12O4Si. The molecule has 0 aromatic carbocycles. The number of carbonyl (C=O) groups is 2. The molecule has 0 radical (unpaired) electrons. The van der Waals surface area contributed by atoms with Crippen LogP contribution in [0, 0.1) is 0 Å². The molecule has 0 unspecified atom stereocenters. The Bertz CT molecular complexity index is 210. The minimum Gasteiger partial charge on any atom is -0.393 e. The number of hydrogen-bond acceptors (Lipinski definition) is 4. The van der Waals surface area contributed by atoms with Gasteiger partial charge in [0, 0.05) is 24.1 Å². The Morgan fingerprint density at radius 2 is 1.33 bits per heavy atom. The van der Waals surface area contributed by atoms with Crippen molar-refractivity contribution in [2.75, 3.05) is 0 Å². The predicted molar refractivity (Wildman–Crippen MR) is 46.2 cm³/mol. The summed E-state index contributed by atoms with van der Waals surface area (Å²) in [5.41, 5.74) is 0. The van der Waals surface area contributed by atoms with Crippen LogP contribution in [0.2, 0.25) is 0 Å². The molecule has 0 aromatic heterocycles. The Morgan fingerprint density at radius 1 is 1.00 bits per heavy atom. The third-order valence-corrected chi connectivity index (χ3v) is 1.29. The molecule has 12 heavy (non-hydrogen) atoms. The highest BCUT2D eigenvalue weighted by molar-refractivity contribution is 6.21.